The minimum absolute atomic E-state index is 0.0405. The summed E-state index contributed by atoms with van der Waals surface area (Å²) in [6, 6.07) is 2.76. The van der Waals surface area contributed by atoms with Gasteiger partial charge in [-0.15, -0.1) is 0 Å². The summed E-state index contributed by atoms with van der Waals surface area (Å²) in [7, 11) is -0.686. The molecule has 0 fully saturated rings. The number of methoxy groups -OCH3 is 2. The Kier molecular flexibility index (Phi) is 5.52. The van der Waals surface area contributed by atoms with Gasteiger partial charge in [0.2, 0.25) is 0 Å². The van der Waals surface area contributed by atoms with Crippen molar-refractivity contribution in [3.8, 4) is 5.75 Å². The normalized spacial score (nSPS) is 11.2. The molecule has 0 saturated heterocycles. The highest BCUT2D eigenvalue weighted by molar-refractivity contribution is 7.90. The Hall–Kier alpha value is -1.60. The molecule has 1 aromatic rings. The van der Waals surface area contributed by atoms with E-state index in [2.05, 4.69) is 4.74 Å². The largest absolute Gasteiger partial charge is 0.490 e. The van der Waals surface area contributed by atoms with Gasteiger partial charge in [-0.25, -0.2) is 13.2 Å². The Morgan fingerprint density at radius 1 is 1.20 bits per heavy atom. The number of carbonyl (C=O) groups is 1. The standard InChI is InChI=1S/C13H18O6S/c1-9-10(13(14)18-3)5-6-11(20(4,15)16)12(9)19-8-7-17-2/h5-6H,7-8H2,1-4H3. The summed E-state index contributed by atoms with van der Waals surface area (Å²) in [6.45, 7) is 2.11. The zero-order valence-corrected chi connectivity index (χ0v) is 12.7. The van der Waals surface area contributed by atoms with Gasteiger partial charge in [0.15, 0.2) is 9.84 Å². The highest BCUT2D eigenvalue weighted by atomic mass is 32.2. The summed E-state index contributed by atoms with van der Waals surface area (Å²) in [5.41, 5.74) is 0.697. The molecule has 0 N–H and O–H groups in total. The molecule has 0 amide bonds. The highest BCUT2D eigenvalue weighted by Gasteiger charge is 2.21. The van der Waals surface area contributed by atoms with Gasteiger partial charge in [-0.2, -0.15) is 0 Å². The van der Waals surface area contributed by atoms with Gasteiger partial charge in [0.05, 0.1) is 19.3 Å². The first kappa shape index (κ1) is 16.5. The lowest BCUT2D eigenvalue weighted by molar-refractivity contribution is 0.0599. The Morgan fingerprint density at radius 2 is 1.85 bits per heavy atom. The molecular formula is C13H18O6S. The highest BCUT2D eigenvalue weighted by Crippen LogP contribution is 2.30. The Morgan fingerprint density at radius 3 is 2.35 bits per heavy atom. The van der Waals surface area contributed by atoms with Crippen LogP contribution in [0.1, 0.15) is 15.9 Å². The van der Waals surface area contributed by atoms with Crippen LogP contribution in [0.25, 0.3) is 0 Å². The molecule has 0 spiro atoms. The first-order valence-electron chi connectivity index (χ1n) is 5.86. The van der Waals surface area contributed by atoms with Crippen LogP contribution >= 0.6 is 0 Å². The van der Waals surface area contributed by atoms with Crippen molar-refractivity contribution in [2.75, 3.05) is 33.7 Å². The molecule has 20 heavy (non-hydrogen) atoms. The average molecular weight is 302 g/mol. The van der Waals surface area contributed by atoms with Crippen molar-refractivity contribution in [2.45, 2.75) is 11.8 Å². The lowest BCUT2D eigenvalue weighted by atomic mass is 10.1. The lowest BCUT2D eigenvalue weighted by Crippen LogP contribution is -2.12. The third kappa shape index (κ3) is 3.71. The maximum Gasteiger partial charge on any atom is 0.338 e. The molecule has 1 rings (SSSR count). The zero-order chi connectivity index (χ0) is 15.3. The third-order valence-corrected chi connectivity index (χ3v) is 3.83. The van der Waals surface area contributed by atoms with Crippen LogP contribution < -0.4 is 4.74 Å². The Balaban J connectivity index is 3.34. The number of benzene rings is 1. The Bertz CT molecular complexity index is 591. The van der Waals surface area contributed by atoms with Crippen LogP contribution in [0.5, 0.6) is 5.75 Å². The van der Waals surface area contributed by atoms with Crippen LogP contribution in [0, 0.1) is 6.92 Å². The minimum Gasteiger partial charge on any atom is -0.490 e. The zero-order valence-electron chi connectivity index (χ0n) is 11.9. The van der Waals surface area contributed by atoms with Crippen molar-refractivity contribution in [3.63, 3.8) is 0 Å². The lowest BCUT2D eigenvalue weighted by Gasteiger charge is -2.15. The fourth-order valence-electron chi connectivity index (χ4n) is 1.70. The minimum atomic E-state index is -3.46. The SMILES string of the molecule is COCCOc1c(S(C)(=O)=O)ccc(C(=O)OC)c1C. The van der Waals surface area contributed by atoms with E-state index >= 15 is 0 Å². The van der Waals surface area contributed by atoms with E-state index in [0.29, 0.717) is 12.2 Å². The van der Waals surface area contributed by atoms with E-state index in [9.17, 15) is 13.2 Å². The summed E-state index contributed by atoms with van der Waals surface area (Å²) in [6.07, 6.45) is 1.09. The third-order valence-electron chi connectivity index (χ3n) is 2.71. The van der Waals surface area contributed by atoms with Crippen molar-refractivity contribution < 1.29 is 27.4 Å². The van der Waals surface area contributed by atoms with Gasteiger partial charge in [-0.1, -0.05) is 0 Å². The van der Waals surface area contributed by atoms with Gasteiger partial charge in [0.1, 0.15) is 17.3 Å². The average Bonchev–Trinajstić information content (AvgIpc) is 2.38. The van der Waals surface area contributed by atoms with Crippen LogP contribution in [-0.2, 0) is 19.3 Å². The molecule has 112 valence electrons. The molecule has 1 aromatic carbocycles. The van der Waals surface area contributed by atoms with Crippen molar-refractivity contribution in [3.05, 3.63) is 23.3 Å². The van der Waals surface area contributed by atoms with E-state index < -0.39 is 15.8 Å². The summed E-state index contributed by atoms with van der Waals surface area (Å²) in [5.74, 6) is -0.383. The van der Waals surface area contributed by atoms with Crippen molar-refractivity contribution in [1.29, 1.82) is 0 Å². The number of rotatable bonds is 6. The molecule has 0 unspecified atom stereocenters. The molecule has 0 saturated carbocycles. The molecule has 0 heterocycles. The van der Waals surface area contributed by atoms with E-state index in [4.69, 9.17) is 9.47 Å². The predicted molar refractivity (Wildman–Crippen MR) is 73.0 cm³/mol. The first-order valence-corrected chi connectivity index (χ1v) is 7.75. The second-order valence-electron chi connectivity index (χ2n) is 4.17. The van der Waals surface area contributed by atoms with Crippen LogP contribution in [0.4, 0.5) is 0 Å². The van der Waals surface area contributed by atoms with Crippen LogP contribution in [0.3, 0.4) is 0 Å². The summed E-state index contributed by atoms with van der Waals surface area (Å²) in [4.78, 5) is 11.7. The molecule has 6 nitrogen and oxygen atoms in total. The van der Waals surface area contributed by atoms with Gasteiger partial charge in [0, 0.05) is 18.9 Å². The quantitative estimate of drug-likeness (QED) is 0.580. The summed E-state index contributed by atoms with van der Waals surface area (Å²) in [5, 5.41) is 0. The van der Waals surface area contributed by atoms with E-state index in [1.165, 1.54) is 26.4 Å². The van der Waals surface area contributed by atoms with Crippen molar-refractivity contribution in [2.24, 2.45) is 0 Å². The predicted octanol–water partition coefficient (Wildman–Crippen LogP) is 1.21. The molecule has 0 aliphatic carbocycles. The monoisotopic (exact) mass is 302 g/mol. The van der Waals surface area contributed by atoms with Crippen LogP contribution in [-0.4, -0.2) is 48.1 Å². The van der Waals surface area contributed by atoms with Crippen molar-refractivity contribution >= 4 is 15.8 Å². The number of hydrogen-bond acceptors (Lipinski definition) is 6. The van der Waals surface area contributed by atoms with E-state index in [1.807, 2.05) is 0 Å². The number of esters is 1. The first-order chi connectivity index (χ1) is 9.32. The summed E-state index contributed by atoms with van der Waals surface area (Å²) >= 11 is 0. The fourth-order valence-corrected chi connectivity index (χ4v) is 2.56. The fraction of sp³-hybridized carbons (Fsp3) is 0.462. The van der Waals surface area contributed by atoms with E-state index in [-0.39, 0.29) is 22.8 Å². The Labute approximate surface area is 118 Å². The number of carbonyl (C=O) groups excluding carboxylic acids is 1. The van der Waals surface area contributed by atoms with Crippen LogP contribution in [0.15, 0.2) is 17.0 Å². The molecule has 0 atom stereocenters. The summed E-state index contributed by atoms with van der Waals surface area (Å²) < 4.78 is 38.5. The van der Waals surface area contributed by atoms with E-state index in [0.717, 1.165) is 6.26 Å². The molecule has 0 aliphatic heterocycles. The van der Waals surface area contributed by atoms with Gasteiger partial charge in [-0.05, 0) is 19.1 Å². The smallest absolute Gasteiger partial charge is 0.338 e. The van der Waals surface area contributed by atoms with Crippen LogP contribution in [0.2, 0.25) is 0 Å². The van der Waals surface area contributed by atoms with Crippen molar-refractivity contribution in [1.82, 2.24) is 0 Å². The maximum atomic E-state index is 11.8. The molecule has 0 aliphatic rings. The number of ether oxygens (including phenoxy) is 3. The van der Waals surface area contributed by atoms with E-state index in [1.54, 1.807) is 6.92 Å². The maximum absolute atomic E-state index is 11.8. The molecule has 7 heteroatoms. The topological polar surface area (TPSA) is 78.9 Å². The number of hydrogen-bond donors (Lipinski definition) is 0. The van der Waals surface area contributed by atoms with Gasteiger partial charge in [-0.3, -0.25) is 0 Å². The molecule has 0 radical (unpaired) electrons. The molecular weight excluding hydrogens is 284 g/mol. The second kappa shape index (κ2) is 6.71. The van der Waals surface area contributed by atoms with Gasteiger partial charge >= 0.3 is 5.97 Å². The second-order valence-corrected chi connectivity index (χ2v) is 6.15. The number of sulfone groups is 1. The molecule has 0 bridgehead atoms. The molecule has 0 aromatic heterocycles. The van der Waals surface area contributed by atoms with Gasteiger partial charge < -0.3 is 14.2 Å². The van der Waals surface area contributed by atoms with Gasteiger partial charge in [0.25, 0.3) is 0 Å².